The molecule has 0 N–H and O–H groups in total. The van der Waals surface area contributed by atoms with Gasteiger partial charge in [0.05, 0.1) is 0 Å². The Morgan fingerprint density at radius 1 is 1.20 bits per heavy atom. The second-order valence-electron chi connectivity index (χ2n) is 5.11. The molecule has 0 aliphatic heterocycles. The van der Waals surface area contributed by atoms with Gasteiger partial charge in [-0.1, -0.05) is 24.3 Å². The maximum absolute atomic E-state index is 13.8. The van der Waals surface area contributed by atoms with Crippen molar-refractivity contribution < 1.29 is 8.97 Å². The van der Waals surface area contributed by atoms with E-state index >= 15 is 0 Å². The van der Waals surface area contributed by atoms with Gasteiger partial charge in [0.1, 0.15) is 12.9 Å². The Bertz CT molecular complexity index is 581. The minimum Gasteiger partial charge on any atom is -0.206 e. The first kappa shape index (κ1) is 16.1. The van der Waals surface area contributed by atoms with E-state index in [1.165, 1.54) is 22.8 Å². The van der Waals surface area contributed by atoms with Gasteiger partial charge in [0.15, 0.2) is 6.21 Å². The summed E-state index contributed by atoms with van der Waals surface area (Å²) in [5.74, 6) is -0.251. The van der Waals surface area contributed by atoms with E-state index < -0.39 is 0 Å². The lowest BCUT2D eigenvalue weighted by atomic mass is 10.0. The summed E-state index contributed by atoms with van der Waals surface area (Å²) >= 11 is 0. The van der Waals surface area contributed by atoms with Crippen molar-refractivity contribution in [2.24, 2.45) is 0 Å². The molecule has 0 amide bonds. The molecule has 0 radical (unpaired) electrons. The third kappa shape index (κ3) is 4.02. The van der Waals surface area contributed by atoms with Crippen LogP contribution in [0.1, 0.15) is 23.6 Å². The SMILES string of the molecule is C=C/C=C\C(F)=C(/C)C=[N+](C)c1c(C)cc(C)cc1C. The van der Waals surface area contributed by atoms with Crippen LogP contribution >= 0.6 is 0 Å². The lowest BCUT2D eigenvalue weighted by molar-refractivity contribution is -0.400. The molecule has 1 nitrogen and oxygen atoms in total. The summed E-state index contributed by atoms with van der Waals surface area (Å²) in [7, 11) is 1.94. The molecule has 0 saturated heterocycles. The Morgan fingerprint density at radius 3 is 2.25 bits per heavy atom. The Hall–Kier alpha value is -1.96. The summed E-state index contributed by atoms with van der Waals surface area (Å²) in [4.78, 5) is 0. The molecule has 0 aliphatic rings. The lowest BCUT2D eigenvalue weighted by Crippen LogP contribution is -2.05. The zero-order valence-electron chi connectivity index (χ0n) is 13.0. The topological polar surface area (TPSA) is 3.01 Å². The van der Waals surface area contributed by atoms with Gasteiger partial charge in [0.25, 0.3) is 0 Å². The van der Waals surface area contributed by atoms with Gasteiger partial charge in [0.2, 0.25) is 5.69 Å². The fourth-order valence-electron chi connectivity index (χ4n) is 2.43. The molecule has 0 aromatic heterocycles. The summed E-state index contributed by atoms with van der Waals surface area (Å²) < 4.78 is 15.8. The molecule has 0 spiro atoms. The van der Waals surface area contributed by atoms with Crippen molar-refractivity contribution in [3.8, 4) is 0 Å². The number of hydrogen-bond donors (Lipinski definition) is 0. The maximum Gasteiger partial charge on any atom is 0.210 e. The van der Waals surface area contributed by atoms with Crippen LogP contribution in [-0.4, -0.2) is 17.8 Å². The second kappa shape index (κ2) is 6.99. The highest BCUT2D eigenvalue weighted by atomic mass is 19.1. The highest BCUT2D eigenvalue weighted by Gasteiger charge is 2.13. The monoisotopic (exact) mass is 272 g/mol. The van der Waals surface area contributed by atoms with Gasteiger partial charge < -0.3 is 0 Å². The Kier molecular flexibility index (Phi) is 5.63. The molecule has 1 aromatic carbocycles. The second-order valence-corrected chi connectivity index (χ2v) is 5.11. The Labute approximate surface area is 121 Å². The summed E-state index contributed by atoms with van der Waals surface area (Å²) in [6.07, 6.45) is 6.38. The number of halogens is 1. The van der Waals surface area contributed by atoms with Crippen molar-refractivity contribution in [1.82, 2.24) is 0 Å². The molecule has 20 heavy (non-hydrogen) atoms. The molecule has 2 heteroatoms. The molecule has 1 rings (SSSR count). The summed E-state index contributed by atoms with van der Waals surface area (Å²) in [6, 6.07) is 4.28. The fourth-order valence-corrected chi connectivity index (χ4v) is 2.43. The number of nitrogens with zero attached hydrogens (tertiary/aromatic N) is 1. The van der Waals surface area contributed by atoms with Crippen LogP contribution in [0, 0.1) is 20.8 Å². The van der Waals surface area contributed by atoms with Crippen LogP contribution < -0.4 is 0 Å². The van der Waals surface area contributed by atoms with Gasteiger partial charge in [-0.25, -0.2) is 8.97 Å². The highest BCUT2D eigenvalue weighted by molar-refractivity contribution is 5.76. The lowest BCUT2D eigenvalue weighted by Gasteiger charge is -2.06. The minimum absolute atomic E-state index is 0.251. The molecule has 0 atom stereocenters. The Morgan fingerprint density at radius 2 is 1.75 bits per heavy atom. The molecular formula is C18H23FN+. The van der Waals surface area contributed by atoms with Crippen LogP contribution in [0.2, 0.25) is 0 Å². The van der Waals surface area contributed by atoms with Gasteiger partial charge in [0, 0.05) is 16.7 Å². The largest absolute Gasteiger partial charge is 0.210 e. The predicted octanol–water partition coefficient (Wildman–Crippen LogP) is 4.94. The predicted molar refractivity (Wildman–Crippen MR) is 85.7 cm³/mol. The van der Waals surface area contributed by atoms with Gasteiger partial charge >= 0.3 is 0 Å². The van der Waals surface area contributed by atoms with Crippen LogP contribution in [0.4, 0.5) is 10.1 Å². The molecule has 1 aromatic rings. The standard InChI is InChI=1S/C18H23FN/c1-7-8-9-17(19)16(5)12-20(6)18-14(3)10-13(2)11-15(18)4/h7-12H,1H2,2-6H3/q+1/b9-8-,17-16-,20-12?. The molecular weight excluding hydrogens is 249 g/mol. The van der Waals surface area contributed by atoms with Crippen LogP contribution in [-0.2, 0) is 0 Å². The number of allylic oxidation sites excluding steroid dienone is 5. The van der Waals surface area contributed by atoms with Gasteiger partial charge in [-0.15, -0.1) is 0 Å². The fraction of sp³-hybridized carbons (Fsp3) is 0.278. The van der Waals surface area contributed by atoms with E-state index in [1.54, 1.807) is 19.1 Å². The highest BCUT2D eigenvalue weighted by Crippen LogP contribution is 2.24. The maximum atomic E-state index is 13.8. The third-order valence-electron chi connectivity index (χ3n) is 3.13. The molecule has 0 heterocycles. The first-order valence-corrected chi connectivity index (χ1v) is 6.67. The van der Waals surface area contributed by atoms with Gasteiger partial charge in [-0.2, -0.15) is 0 Å². The van der Waals surface area contributed by atoms with Crippen molar-refractivity contribution >= 4 is 11.9 Å². The van der Waals surface area contributed by atoms with E-state index in [0.29, 0.717) is 5.57 Å². The van der Waals surface area contributed by atoms with E-state index in [2.05, 4.69) is 39.5 Å². The molecule has 106 valence electrons. The van der Waals surface area contributed by atoms with E-state index in [0.717, 1.165) is 5.69 Å². The van der Waals surface area contributed by atoms with E-state index in [9.17, 15) is 4.39 Å². The molecule has 0 aliphatic carbocycles. The number of rotatable bonds is 4. The van der Waals surface area contributed by atoms with Crippen LogP contribution in [0.15, 0.2) is 48.3 Å². The minimum atomic E-state index is -0.251. The molecule has 0 saturated carbocycles. The van der Waals surface area contributed by atoms with Crippen molar-refractivity contribution in [2.75, 3.05) is 7.05 Å². The van der Waals surface area contributed by atoms with Gasteiger partial charge in [-0.05, 0) is 45.9 Å². The molecule has 0 fully saturated rings. The summed E-state index contributed by atoms with van der Waals surface area (Å²) in [5.41, 5.74) is 5.33. The average Bonchev–Trinajstić information content (AvgIpc) is 2.34. The van der Waals surface area contributed by atoms with Crippen LogP contribution in [0.5, 0.6) is 0 Å². The number of aryl methyl sites for hydroxylation is 3. The van der Waals surface area contributed by atoms with Crippen molar-refractivity contribution in [2.45, 2.75) is 27.7 Å². The Balaban J connectivity index is 3.25. The first-order chi connectivity index (χ1) is 9.36. The molecule has 0 bridgehead atoms. The van der Waals surface area contributed by atoms with E-state index in [-0.39, 0.29) is 5.83 Å². The van der Waals surface area contributed by atoms with Crippen LogP contribution in [0.3, 0.4) is 0 Å². The van der Waals surface area contributed by atoms with Crippen molar-refractivity contribution in [1.29, 1.82) is 0 Å². The zero-order chi connectivity index (χ0) is 15.3. The summed E-state index contributed by atoms with van der Waals surface area (Å²) in [5, 5.41) is 0. The first-order valence-electron chi connectivity index (χ1n) is 6.67. The van der Waals surface area contributed by atoms with E-state index in [1.807, 2.05) is 17.8 Å². The molecule has 0 unspecified atom stereocenters. The van der Waals surface area contributed by atoms with E-state index in [4.69, 9.17) is 0 Å². The van der Waals surface area contributed by atoms with Crippen LogP contribution in [0.25, 0.3) is 0 Å². The van der Waals surface area contributed by atoms with Crippen molar-refractivity contribution in [3.63, 3.8) is 0 Å². The van der Waals surface area contributed by atoms with Crippen molar-refractivity contribution in [3.05, 3.63) is 65.0 Å². The third-order valence-corrected chi connectivity index (χ3v) is 3.13. The zero-order valence-corrected chi connectivity index (χ0v) is 13.0. The smallest absolute Gasteiger partial charge is 0.206 e. The number of benzene rings is 1. The van der Waals surface area contributed by atoms with Gasteiger partial charge in [-0.3, -0.25) is 0 Å². The average molecular weight is 272 g/mol. The quantitative estimate of drug-likeness (QED) is 0.415. The number of hydrogen-bond acceptors (Lipinski definition) is 0. The summed E-state index contributed by atoms with van der Waals surface area (Å²) in [6.45, 7) is 11.5. The normalized spacial score (nSPS) is 13.6.